The van der Waals surface area contributed by atoms with E-state index < -0.39 is 0 Å². The average Bonchev–Trinajstić information content (AvgIpc) is 2.71. The molecule has 0 spiro atoms. The molecule has 0 saturated heterocycles. The van der Waals surface area contributed by atoms with E-state index in [1.165, 1.54) is 59.7 Å². The van der Waals surface area contributed by atoms with Crippen LogP contribution in [0, 0.1) is 0 Å². The van der Waals surface area contributed by atoms with Gasteiger partial charge in [0.05, 0.1) is 0 Å². The average molecular weight is 457 g/mol. The fourth-order valence-corrected chi connectivity index (χ4v) is 7.80. The Bertz CT molecular complexity index is 940. The van der Waals surface area contributed by atoms with Crippen molar-refractivity contribution in [3.8, 4) is 11.3 Å². The van der Waals surface area contributed by atoms with E-state index in [0.29, 0.717) is 3.42 Å². The topological polar surface area (TPSA) is 3.88 Å². The van der Waals surface area contributed by atoms with E-state index >= 15 is 0 Å². The van der Waals surface area contributed by atoms with E-state index in [2.05, 4.69) is 78.3 Å². The first kappa shape index (κ1) is 18.0. The minimum absolute atomic E-state index is 0.126. The Morgan fingerprint density at radius 1 is 0.885 bits per heavy atom. The molecule has 0 bridgehead atoms. The number of fused-ring (bicyclic) bond motifs is 5. The molecule has 2 aromatic carbocycles. The van der Waals surface area contributed by atoms with Crippen molar-refractivity contribution in [3.63, 3.8) is 0 Å². The summed E-state index contributed by atoms with van der Waals surface area (Å²) in [5.74, 6) is 0. The Kier molecular flexibility index (Phi) is 5.05. The van der Waals surface area contributed by atoms with Gasteiger partial charge in [-0.1, -0.05) is 0 Å². The first-order valence-electron chi connectivity index (χ1n) is 9.97. The number of pyridine rings is 1. The summed E-state index contributed by atoms with van der Waals surface area (Å²) >= 11 is -0.126. The standard InChI is InChI=1S/C24H28IN/c1-4-7-11-18-12-10-14-20-19(18)16-17-26-23(20)21-13-8-9-15-22(21)24(5-2,6-3)25-26/h8-10,12-17H,4-7,11H2,1-3H3. The SMILES string of the molecule is CCCCc1cccc2c3[n+](ccc12)[I-]C(CC)(CC)c1ccccc1-3. The monoisotopic (exact) mass is 457 g/mol. The number of benzene rings is 2. The minimum atomic E-state index is -0.126. The van der Waals surface area contributed by atoms with Gasteiger partial charge in [0.1, 0.15) is 0 Å². The van der Waals surface area contributed by atoms with E-state index in [-0.39, 0.29) is 21.5 Å². The normalized spacial score (nSPS) is 15.2. The summed E-state index contributed by atoms with van der Waals surface area (Å²) in [4.78, 5) is 0. The second-order valence-corrected chi connectivity index (χ2v) is 10.8. The van der Waals surface area contributed by atoms with Crippen molar-refractivity contribution < 1.29 is 24.3 Å². The third-order valence-corrected chi connectivity index (χ3v) is 10.2. The van der Waals surface area contributed by atoms with Crippen LogP contribution >= 0.6 is 0 Å². The first-order valence-corrected chi connectivity index (χ1v) is 12.0. The molecule has 4 rings (SSSR count). The quantitative estimate of drug-likeness (QED) is 0.410. The maximum atomic E-state index is 2.63. The van der Waals surface area contributed by atoms with Crippen molar-refractivity contribution in [2.45, 2.75) is 56.3 Å². The molecule has 0 N–H and O–H groups in total. The van der Waals surface area contributed by atoms with Crippen LogP contribution < -0.4 is 24.3 Å². The number of rotatable bonds is 5. The van der Waals surface area contributed by atoms with Gasteiger partial charge in [0.15, 0.2) is 0 Å². The van der Waals surface area contributed by atoms with Gasteiger partial charge in [-0.2, -0.15) is 0 Å². The summed E-state index contributed by atoms with van der Waals surface area (Å²) < 4.78 is 2.99. The molecular formula is C24H28IN. The molecule has 0 radical (unpaired) electrons. The molecule has 3 aromatic rings. The van der Waals surface area contributed by atoms with Crippen LogP contribution in [0.1, 0.15) is 57.6 Å². The van der Waals surface area contributed by atoms with Gasteiger partial charge in [0, 0.05) is 0 Å². The second-order valence-electron chi connectivity index (χ2n) is 7.26. The molecule has 0 aliphatic carbocycles. The number of halogens is 1. The third kappa shape index (κ3) is 2.77. The molecular weight excluding hydrogens is 429 g/mol. The van der Waals surface area contributed by atoms with Gasteiger partial charge in [-0.25, -0.2) is 0 Å². The van der Waals surface area contributed by atoms with Crippen molar-refractivity contribution in [2.75, 3.05) is 0 Å². The predicted molar refractivity (Wildman–Crippen MR) is 106 cm³/mol. The Labute approximate surface area is 168 Å². The molecule has 1 aliphatic rings. The molecule has 2 heterocycles. The summed E-state index contributed by atoms with van der Waals surface area (Å²) in [5, 5.41) is 2.89. The van der Waals surface area contributed by atoms with Crippen LogP contribution in [0.15, 0.2) is 54.7 Å². The van der Waals surface area contributed by atoms with E-state index in [1.54, 1.807) is 5.56 Å². The van der Waals surface area contributed by atoms with Crippen molar-refractivity contribution in [1.29, 1.82) is 0 Å². The van der Waals surface area contributed by atoms with E-state index in [0.717, 1.165) is 0 Å². The molecule has 1 nitrogen and oxygen atoms in total. The zero-order valence-corrected chi connectivity index (χ0v) is 18.2. The summed E-state index contributed by atoms with van der Waals surface area (Å²) in [7, 11) is 0. The number of nitrogens with zero attached hydrogens (tertiary/aromatic N) is 1. The van der Waals surface area contributed by atoms with Gasteiger partial charge < -0.3 is 0 Å². The van der Waals surface area contributed by atoms with Crippen molar-refractivity contribution in [1.82, 2.24) is 0 Å². The van der Waals surface area contributed by atoms with Crippen LogP contribution in [-0.2, 0) is 9.84 Å². The first-order chi connectivity index (χ1) is 12.7. The Morgan fingerprint density at radius 2 is 1.69 bits per heavy atom. The number of aryl methyl sites for hydroxylation is 1. The molecule has 26 heavy (non-hydrogen) atoms. The number of hydrogen-bond donors (Lipinski definition) is 0. The molecule has 2 heteroatoms. The van der Waals surface area contributed by atoms with Crippen molar-refractivity contribution >= 4 is 10.8 Å². The van der Waals surface area contributed by atoms with Crippen molar-refractivity contribution in [2.24, 2.45) is 0 Å². The van der Waals surface area contributed by atoms with Gasteiger partial charge in [-0.15, -0.1) is 0 Å². The van der Waals surface area contributed by atoms with Gasteiger partial charge in [0.2, 0.25) is 0 Å². The Balaban J connectivity index is 1.98. The zero-order chi connectivity index (χ0) is 18.1. The van der Waals surface area contributed by atoms with Crippen LogP contribution in [0.3, 0.4) is 0 Å². The Hall–Kier alpha value is -1.42. The summed E-state index contributed by atoms with van der Waals surface area (Å²) in [6.45, 7) is 7.02. The summed E-state index contributed by atoms with van der Waals surface area (Å²) in [6, 6.07) is 18.5. The van der Waals surface area contributed by atoms with Crippen LogP contribution in [0.25, 0.3) is 22.0 Å². The Morgan fingerprint density at radius 3 is 2.46 bits per heavy atom. The van der Waals surface area contributed by atoms with Gasteiger partial charge in [0.25, 0.3) is 0 Å². The van der Waals surface area contributed by atoms with Crippen LogP contribution in [0.2, 0.25) is 0 Å². The van der Waals surface area contributed by atoms with Crippen LogP contribution in [0.4, 0.5) is 0 Å². The summed E-state index contributed by atoms with van der Waals surface area (Å²) in [5.41, 5.74) is 6.01. The number of aromatic nitrogens is 1. The van der Waals surface area contributed by atoms with E-state index in [1.807, 2.05) is 0 Å². The second kappa shape index (κ2) is 7.30. The zero-order valence-electron chi connectivity index (χ0n) is 16.1. The van der Waals surface area contributed by atoms with Crippen molar-refractivity contribution in [3.05, 3.63) is 65.9 Å². The molecule has 136 valence electrons. The molecule has 0 amide bonds. The fourth-order valence-electron chi connectivity index (χ4n) is 4.31. The number of hydrogen-bond acceptors (Lipinski definition) is 0. The van der Waals surface area contributed by atoms with E-state index in [4.69, 9.17) is 0 Å². The maximum absolute atomic E-state index is 2.63. The predicted octanol–water partition coefficient (Wildman–Crippen LogP) is 3.02. The fraction of sp³-hybridized carbons (Fsp3) is 0.375. The molecule has 0 fully saturated rings. The molecule has 0 saturated carbocycles. The molecule has 0 atom stereocenters. The molecule has 1 aromatic heterocycles. The molecule has 0 unspecified atom stereocenters. The van der Waals surface area contributed by atoms with Gasteiger partial charge >= 0.3 is 168 Å². The third-order valence-electron chi connectivity index (χ3n) is 5.88. The number of unbranched alkanes of at least 4 members (excludes halogenated alkanes) is 1. The van der Waals surface area contributed by atoms with Crippen LogP contribution in [0.5, 0.6) is 0 Å². The van der Waals surface area contributed by atoms with Gasteiger partial charge in [-0.3, -0.25) is 0 Å². The molecule has 1 aliphatic heterocycles. The van der Waals surface area contributed by atoms with Gasteiger partial charge in [-0.05, 0) is 0 Å². The van der Waals surface area contributed by atoms with Crippen LogP contribution in [-0.4, -0.2) is 0 Å². The summed E-state index contributed by atoms with van der Waals surface area (Å²) in [6.07, 6.45) is 8.55. The number of alkyl halides is 1. The van der Waals surface area contributed by atoms with E-state index in [9.17, 15) is 0 Å².